The fourth-order valence-electron chi connectivity index (χ4n) is 8.36. The van der Waals surface area contributed by atoms with Gasteiger partial charge in [0.1, 0.15) is 19.3 Å². The summed E-state index contributed by atoms with van der Waals surface area (Å²) in [5, 5.41) is 9.06. The van der Waals surface area contributed by atoms with E-state index in [1.807, 2.05) is 18.2 Å². The van der Waals surface area contributed by atoms with Crippen molar-refractivity contribution in [3.8, 4) is 0 Å². The lowest BCUT2D eigenvalue weighted by atomic mass is 10.0. The number of allylic oxidation sites excluding steroid dienone is 3. The fraction of sp³-hybridized carbons (Fsp3) is 0.877. The zero-order valence-corrected chi connectivity index (χ0v) is 43.1. The lowest BCUT2D eigenvalue weighted by molar-refractivity contribution is -0.267. The Hall–Kier alpha value is -2.19. The third-order valence-electron chi connectivity index (χ3n) is 12.7. The summed E-state index contributed by atoms with van der Waals surface area (Å²) in [6.07, 6.45) is 56.0. The smallest absolute Gasteiger partial charge is 0.306 e. The number of carbonyl (C=O) groups excluding carboxylic acids is 3. The van der Waals surface area contributed by atoms with Gasteiger partial charge in [-0.25, -0.2) is 4.89 Å². The third kappa shape index (κ3) is 49.5. The van der Waals surface area contributed by atoms with E-state index in [4.69, 9.17) is 19.5 Å². The van der Waals surface area contributed by atoms with Gasteiger partial charge in [-0.1, -0.05) is 263 Å². The molecule has 0 radical (unpaired) electrons. The first-order valence-corrected chi connectivity index (χ1v) is 28.1. The minimum absolute atomic E-state index is 0.0888. The summed E-state index contributed by atoms with van der Waals surface area (Å²) in [5.74, 6) is -0.924. The Morgan fingerprint density at radius 2 is 0.723 bits per heavy atom. The molecule has 0 aromatic rings. The van der Waals surface area contributed by atoms with E-state index in [1.165, 1.54) is 154 Å². The maximum absolute atomic E-state index is 12.8. The van der Waals surface area contributed by atoms with Crippen molar-refractivity contribution in [2.45, 2.75) is 309 Å². The van der Waals surface area contributed by atoms with E-state index < -0.39 is 6.10 Å². The molecule has 0 aliphatic rings. The molecule has 1 unspecified atom stereocenters. The van der Waals surface area contributed by atoms with E-state index >= 15 is 0 Å². The zero-order valence-electron chi connectivity index (χ0n) is 43.1. The molecule has 0 amide bonds. The first-order chi connectivity index (χ1) is 32.0. The zero-order chi connectivity index (χ0) is 47.4. The lowest BCUT2D eigenvalue weighted by Crippen LogP contribution is -2.30. The van der Waals surface area contributed by atoms with Gasteiger partial charge in [-0.3, -0.25) is 19.6 Å². The van der Waals surface area contributed by atoms with Gasteiger partial charge in [0.05, 0.1) is 0 Å². The molecule has 0 aromatic carbocycles. The predicted octanol–water partition coefficient (Wildman–Crippen LogP) is 17.8. The van der Waals surface area contributed by atoms with Crippen LogP contribution >= 0.6 is 0 Å². The van der Waals surface area contributed by atoms with Gasteiger partial charge in [0, 0.05) is 19.3 Å². The lowest BCUT2D eigenvalue weighted by Gasteiger charge is -2.18. The van der Waals surface area contributed by atoms with E-state index in [0.29, 0.717) is 19.3 Å². The molecule has 8 nitrogen and oxygen atoms in total. The average Bonchev–Trinajstić information content (AvgIpc) is 3.30. The first kappa shape index (κ1) is 62.8. The van der Waals surface area contributed by atoms with Crippen molar-refractivity contribution in [3.63, 3.8) is 0 Å². The SMILES string of the molecule is CCCCCCCCCCCCCCCCCC(=O)OCC(COC(=O)CCCCCCC/C=C\C=C\[C@H](CCCCC)OO)OC(=O)CCCCCCCCCCCCCCCCC. The largest absolute Gasteiger partial charge is 0.462 e. The minimum atomic E-state index is -0.793. The van der Waals surface area contributed by atoms with Gasteiger partial charge in [0.15, 0.2) is 6.10 Å². The summed E-state index contributed by atoms with van der Waals surface area (Å²) in [7, 11) is 0. The highest BCUT2D eigenvalue weighted by Gasteiger charge is 2.19. The third-order valence-corrected chi connectivity index (χ3v) is 12.7. The highest BCUT2D eigenvalue weighted by atomic mass is 17.1. The molecule has 382 valence electrons. The molecular weight excluding hydrogens is 813 g/mol. The van der Waals surface area contributed by atoms with Crippen LogP contribution < -0.4 is 0 Å². The molecule has 0 aromatic heterocycles. The molecule has 0 fully saturated rings. The summed E-state index contributed by atoms with van der Waals surface area (Å²) in [4.78, 5) is 42.7. The van der Waals surface area contributed by atoms with Crippen LogP contribution in [0.15, 0.2) is 24.3 Å². The summed E-state index contributed by atoms with van der Waals surface area (Å²) < 4.78 is 16.8. The number of ether oxygens (including phenoxy) is 3. The molecule has 0 aliphatic carbocycles. The van der Waals surface area contributed by atoms with Crippen LogP contribution in [0.4, 0.5) is 0 Å². The highest BCUT2D eigenvalue weighted by molar-refractivity contribution is 5.71. The summed E-state index contributed by atoms with van der Waals surface area (Å²) in [5.41, 5.74) is 0. The number of esters is 3. The first-order valence-electron chi connectivity index (χ1n) is 28.1. The Bertz CT molecular complexity index is 1070. The van der Waals surface area contributed by atoms with Gasteiger partial charge >= 0.3 is 17.9 Å². The monoisotopic (exact) mass is 919 g/mol. The number of hydrogen-bond acceptors (Lipinski definition) is 8. The number of rotatable bonds is 52. The Morgan fingerprint density at radius 1 is 0.400 bits per heavy atom. The van der Waals surface area contributed by atoms with Crippen LogP contribution in [0.5, 0.6) is 0 Å². The molecule has 2 atom stereocenters. The molecule has 1 N–H and O–H groups in total. The van der Waals surface area contributed by atoms with Crippen molar-refractivity contribution in [3.05, 3.63) is 24.3 Å². The molecule has 8 heteroatoms. The fourth-order valence-corrected chi connectivity index (χ4v) is 8.36. The predicted molar refractivity (Wildman–Crippen MR) is 273 cm³/mol. The molecule has 0 spiro atoms. The highest BCUT2D eigenvalue weighted by Crippen LogP contribution is 2.17. The van der Waals surface area contributed by atoms with Crippen LogP contribution in [-0.4, -0.2) is 48.6 Å². The van der Waals surface area contributed by atoms with Crippen molar-refractivity contribution in [2.75, 3.05) is 13.2 Å². The van der Waals surface area contributed by atoms with Crippen molar-refractivity contribution in [2.24, 2.45) is 0 Å². The second-order valence-electron chi connectivity index (χ2n) is 19.1. The number of unbranched alkanes of at least 4 members (excludes halogenated alkanes) is 35. The maximum Gasteiger partial charge on any atom is 0.306 e. The molecule has 0 saturated carbocycles. The number of carbonyl (C=O) groups is 3. The summed E-state index contributed by atoms with van der Waals surface area (Å²) >= 11 is 0. The summed E-state index contributed by atoms with van der Waals surface area (Å²) in [6, 6.07) is 0. The minimum Gasteiger partial charge on any atom is -0.462 e. The van der Waals surface area contributed by atoms with E-state index in [2.05, 4.69) is 31.7 Å². The normalized spacial score (nSPS) is 12.6. The van der Waals surface area contributed by atoms with Crippen molar-refractivity contribution < 1.29 is 38.7 Å². The standard InChI is InChI=1S/C57H106O8/c1-4-7-10-12-14-16-18-20-22-24-26-30-34-38-43-48-55(58)62-51-54(64-57(60)50-45-40-36-31-27-25-23-21-19-17-15-13-11-8-5-2)52-63-56(59)49-44-39-35-32-28-29-33-37-42-47-53(65-61)46-41-9-6-3/h33,37,42,47,53-54,61H,4-32,34-36,38-41,43-46,48-52H2,1-3H3/b37-33-,47-42+/t53-,54?/m0/s1. The molecule has 65 heavy (non-hydrogen) atoms. The van der Waals surface area contributed by atoms with Crippen molar-refractivity contribution in [1.82, 2.24) is 0 Å². The Labute approximate surface area is 401 Å². The topological polar surface area (TPSA) is 108 Å². The van der Waals surface area contributed by atoms with Crippen LogP contribution in [0.3, 0.4) is 0 Å². The Balaban J connectivity index is 4.42. The van der Waals surface area contributed by atoms with Crippen molar-refractivity contribution >= 4 is 17.9 Å². The molecule has 0 bridgehead atoms. The average molecular weight is 919 g/mol. The Morgan fingerprint density at radius 3 is 1.09 bits per heavy atom. The van der Waals surface area contributed by atoms with E-state index in [0.717, 1.165) is 103 Å². The van der Waals surface area contributed by atoms with E-state index in [-0.39, 0.29) is 37.2 Å². The van der Waals surface area contributed by atoms with Gasteiger partial charge in [0.2, 0.25) is 0 Å². The summed E-state index contributed by atoms with van der Waals surface area (Å²) in [6.45, 7) is 6.51. The molecule has 0 heterocycles. The van der Waals surface area contributed by atoms with Crippen LogP contribution in [0, 0.1) is 0 Å². The second-order valence-corrected chi connectivity index (χ2v) is 19.1. The van der Waals surface area contributed by atoms with Crippen LogP contribution in [0.1, 0.15) is 297 Å². The van der Waals surface area contributed by atoms with Crippen LogP contribution in [-0.2, 0) is 33.5 Å². The van der Waals surface area contributed by atoms with Gasteiger partial charge in [-0.2, -0.15) is 0 Å². The van der Waals surface area contributed by atoms with Gasteiger partial charge in [-0.05, 0) is 38.5 Å². The van der Waals surface area contributed by atoms with E-state index in [9.17, 15) is 14.4 Å². The van der Waals surface area contributed by atoms with Gasteiger partial charge in [0.25, 0.3) is 0 Å². The van der Waals surface area contributed by atoms with E-state index in [1.54, 1.807) is 0 Å². The van der Waals surface area contributed by atoms with Crippen molar-refractivity contribution in [1.29, 1.82) is 0 Å². The second kappa shape index (κ2) is 52.8. The Kier molecular flexibility index (Phi) is 51.0. The molecule has 0 saturated heterocycles. The quantitative estimate of drug-likeness (QED) is 0.0160. The van der Waals surface area contributed by atoms with Crippen LogP contribution in [0.25, 0.3) is 0 Å². The molecular formula is C57H106O8. The van der Waals surface area contributed by atoms with Crippen LogP contribution in [0.2, 0.25) is 0 Å². The van der Waals surface area contributed by atoms with Gasteiger partial charge in [-0.15, -0.1) is 0 Å². The molecule has 0 rings (SSSR count). The van der Waals surface area contributed by atoms with Gasteiger partial charge < -0.3 is 14.2 Å². The molecule has 0 aliphatic heterocycles. The maximum atomic E-state index is 12.8. The number of hydrogen-bond donors (Lipinski definition) is 1.